The maximum Gasteiger partial charge on any atom is 0.328 e. The fraction of sp³-hybridized carbons (Fsp3) is 0.250. The fourth-order valence-electron chi connectivity index (χ4n) is 0.581. The zero-order valence-electron chi connectivity index (χ0n) is 4.46. The van der Waals surface area contributed by atoms with E-state index >= 15 is 0 Å². The number of imide groups is 3. The third-order valence-corrected chi connectivity index (χ3v) is 1.02. The van der Waals surface area contributed by atoms with Crippen LogP contribution in [0.3, 0.4) is 0 Å². The molecule has 0 unspecified atom stereocenters. The number of hydrogen-bond donors (Lipinski definition) is 1. The summed E-state index contributed by atoms with van der Waals surface area (Å²) in [6.07, 6.45) is -0.192. The molecule has 48 valence electrons. The lowest BCUT2D eigenvalue weighted by Gasteiger charge is -2.23. The molecule has 0 aromatic rings. The molecule has 0 spiro atoms. The Bertz CT molecular complexity index is 173. The third kappa shape index (κ3) is 0.658. The highest BCUT2D eigenvalue weighted by molar-refractivity contribution is 6.24. The lowest BCUT2D eigenvalue weighted by atomic mass is 10.2. The Morgan fingerprint density at radius 1 is 1.44 bits per heavy atom. The molecular weight excluding hydrogens is 124 g/mol. The van der Waals surface area contributed by atoms with Crippen molar-refractivity contribution < 1.29 is 14.4 Å². The first-order valence-corrected chi connectivity index (χ1v) is 2.28. The largest absolute Gasteiger partial charge is 0.351 e. The molecule has 0 saturated carbocycles. The van der Waals surface area contributed by atoms with Gasteiger partial charge in [-0.05, 0) is 0 Å². The van der Waals surface area contributed by atoms with Crippen LogP contribution in [0.15, 0.2) is 0 Å². The number of rotatable bonds is 0. The Kier molecular flexibility index (Phi) is 0.985. The van der Waals surface area contributed by atoms with E-state index < -0.39 is 17.8 Å². The molecule has 1 aliphatic heterocycles. The van der Waals surface area contributed by atoms with Crippen LogP contribution in [0.2, 0.25) is 0 Å². The van der Waals surface area contributed by atoms with Gasteiger partial charge in [-0.1, -0.05) is 0 Å². The summed E-state index contributed by atoms with van der Waals surface area (Å²) in [5.74, 6) is -1.04. The van der Waals surface area contributed by atoms with E-state index in [0.29, 0.717) is 4.90 Å². The van der Waals surface area contributed by atoms with Gasteiger partial charge in [-0.15, -0.1) is 0 Å². The number of β-lactam (4-membered cyclic amide) rings is 2. The maximum absolute atomic E-state index is 10.3. The molecule has 0 aromatic heterocycles. The topological polar surface area (TPSA) is 80.5 Å². The minimum absolute atomic E-state index is 0.192. The number of primary amides is 1. The number of urea groups is 1. The van der Waals surface area contributed by atoms with E-state index in [1.54, 1.807) is 0 Å². The first kappa shape index (κ1) is 5.74. The second kappa shape index (κ2) is 1.54. The molecule has 0 atom stereocenters. The van der Waals surface area contributed by atoms with Crippen molar-refractivity contribution in [2.45, 2.75) is 6.42 Å². The SMILES string of the molecule is NC(=O)N1C(=O)CC1=O. The van der Waals surface area contributed by atoms with Gasteiger partial charge in [-0.2, -0.15) is 4.90 Å². The normalized spacial score (nSPS) is 17.6. The molecule has 1 aliphatic rings. The molecule has 1 saturated heterocycles. The van der Waals surface area contributed by atoms with Gasteiger partial charge in [0, 0.05) is 0 Å². The third-order valence-electron chi connectivity index (χ3n) is 1.02. The van der Waals surface area contributed by atoms with Gasteiger partial charge in [0.1, 0.15) is 6.42 Å². The molecule has 5 nitrogen and oxygen atoms in total. The first-order valence-electron chi connectivity index (χ1n) is 2.28. The highest BCUT2D eigenvalue weighted by atomic mass is 16.2. The number of carbonyl (C=O) groups is 3. The van der Waals surface area contributed by atoms with Gasteiger partial charge in [-0.3, -0.25) is 9.59 Å². The Morgan fingerprint density at radius 2 is 1.89 bits per heavy atom. The molecule has 4 amide bonds. The second-order valence-electron chi connectivity index (χ2n) is 1.64. The Labute approximate surface area is 50.4 Å². The van der Waals surface area contributed by atoms with Crippen LogP contribution in [0.25, 0.3) is 0 Å². The van der Waals surface area contributed by atoms with Gasteiger partial charge in [0.15, 0.2) is 0 Å². The van der Waals surface area contributed by atoms with Crippen molar-refractivity contribution >= 4 is 17.8 Å². The van der Waals surface area contributed by atoms with Crippen molar-refractivity contribution in [2.75, 3.05) is 0 Å². The standard InChI is InChI=1S/C4H4N2O3/c5-4(9)6-2(7)1-3(6)8/h1H2,(H2,5,9). The molecule has 1 fully saturated rings. The molecule has 5 heteroatoms. The lowest BCUT2D eigenvalue weighted by molar-refractivity contribution is -0.152. The Balaban J connectivity index is 2.70. The Morgan fingerprint density at radius 3 is 2.00 bits per heavy atom. The van der Waals surface area contributed by atoms with Crippen molar-refractivity contribution in [3.63, 3.8) is 0 Å². The summed E-state index contributed by atoms with van der Waals surface area (Å²) in [7, 11) is 0. The van der Waals surface area contributed by atoms with E-state index in [9.17, 15) is 14.4 Å². The van der Waals surface area contributed by atoms with Gasteiger partial charge in [0.2, 0.25) is 11.8 Å². The van der Waals surface area contributed by atoms with Crippen molar-refractivity contribution in [3.8, 4) is 0 Å². The molecule has 0 aliphatic carbocycles. The summed E-state index contributed by atoms with van der Waals surface area (Å²) in [4.78, 5) is 31.1. The van der Waals surface area contributed by atoms with E-state index in [4.69, 9.17) is 0 Å². The van der Waals surface area contributed by atoms with Crippen LogP contribution in [-0.4, -0.2) is 22.7 Å². The minimum Gasteiger partial charge on any atom is -0.351 e. The average molecular weight is 128 g/mol. The number of carbonyl (C=O) groups excluding carboxylic acids is 3. The number of amides is 4. The molecular formula is C4H4N2O3. The van der Waals surface area contributed by atoms with Gasteiger partial charge >= 0.3 is 6.03 Å². The van der Waals surface area contributed by atoms with Crippen LogP contribution in [0.1, 0.15) is 6.42 Å². The van der Waals surface area contributed by atoms with Crippen molar-refractivity contribution in [2.24, 2.45) is 5.73 Å². The zero-order valence-corrected chi connectivity index (χ0v) is 4.46. The van der Waals surface area contributed by atoms with Crippen LogP contribution in [0.4, 0.5) is 4.79 Å². The van der Waals surface area contributed by atoms with Crippen LogP contribution in [0.5, 0.6) is 0 Å². The van der Waals surface area contributed by atoms with Crippen LogP contribution < -0.4 is 5.73 Å². The van der Waals surface area contributed by atoms with E-state index in [-0.39, 0.29) is 6.42 Å². The van der Waals surface area contributed by atoms with Crippen LogP contribution in [-0.2, 0) is 9.59 Å². The summed E-state index contributed by atoms with van der Waals surface area (Å²) < 4.78 is 0. The minimum atomic E-state index is -0.990. The van der Waals surface area contributed by atoms with Crippen molar-refractivity contribution in [1.29, 1.82) is 0 Å². The highest BCUT2D eigenvalue weighted by Gasteiger charge is 2.38. The molecule has 2 N–H and O–H groups in total. The van der Waals surface area contributed by atoms with Crippen molar-refractivity contribution in [3.05, 3.63) is 0 Å². The zero-order chi connectivity index (χ0) is 7.02. The summed E-state index contributed by atoms with van der Waals surface area (Å²) in [6, 6.07) is -0.990. The van der Waals surface area contributed by atoms with E-state index in [1.165, 1.54) is 0 Å². The Hall–Kier alpha value is -1.39. The molecule has 1 heterocycles. The lowest BCUT2D eigenvalue weighted by Crippen LogP contribution is -2.54. The van der Waals surface area contributed by atoms with E-state index in [2.05, 4.69) is 5.73 Å². The fourth-order valence-corrected chi connectivity index (χ4v) is 0.581. The number of hydrogen-bond acceptors (Lipinski definition) is 3. The predicted octanol–water partition coefficient (Wildman–Crippen LogP) is -1.18. The summed E-state index contributed by atoms with van der Waals surface area (Å²) in [5, 5.41) is 0. The highest BCUT2D eigenvalue weighted by Crippen LogP contribution is 2.08. The van der Waals surface area contributed by atoms with E-state index in [1.807, 2.05) is 0 Å². The molecule has 0 radical (unpaired) electrons. The molecule has 0 aromatic carbocycles. The molecule has 9 heavy (non-hydrogen) atoms. The molecule has 1 rings (SSSR count). The average Bonchev–Trinajstić information content (AvgIpc) is 1.62. The quantitative estimate of drug-likeness (QED) is 0.329. The monoisotopic (exact) mass is 128 g/mol. The second-order valence-corrected chi connectivity index (χ2v) is 1.64. The van der Waals surface area contributed by atoms with E-state index in [0.717, 1.165) is 0 Å². The summed E-state index contributed by atoms with van der Waals surface area (Å²) >= 11 is 0. The van der Waals surface area contributed by atoms with Gasteiger partial charge < -0.3 is 5.73 Å². The van der Waals surface area contributed by atoms with Crippen LogP contribution >= 0.6 is 0 Å². The summed E-state index contributed by atoms with van der Waals surface area (Å²) in [5.41, 5.74) is 4.62. The maximum atomic E-state index is 10.3. The number of nitrogens with two attached hydrogens (primary N) is 1. The summed E-state index contributed by atoms with van der Waals surface area (Å²) in [6.45, 7) is 0. The van der Waals surface area contributed by atoms with Gasteiger partial charge in [-0.25, -0.2) is 4.79 Å². The first-order chi connectivity index (χ1) is 4.13. The number of nitrogens with zero attached hydrogens (tertiary/aromatic N) is 1. The number of likely N-dealkylation sites (tertiary alicyclic amines) is 1. The molecule has 0 bridgehead atoms. The van der Waals surface area contributed by atoms with Crippen molar-refractivity contribution in [1.82, 2.24) is 4.90 Å². The van der Waals surface area contributed by atoms with Gasteiger partial charge in [0.25, 0.3) is 0 Å². The predicted molar refractivity (Wildman–Crippen MR) is 26.1 cm³/mol. The smallest absolute Gasteiger partial charge is 0.328 e. The van der Waals surface area contributed by atoms with Crippen LogP contribution in [0, 0.1) is 0 Å². The van der Waals surface area contributed by atoms with Gasteiger partial charge in [0.05, 0.1) is 0 Å².